The fraction of sp³-hybridized carbons (Fsp3) is 0.273. The van der Waals surface area contributed by atoms with Crippen molar-refractivity contribution in [3.63, 3.8) is 0 Å². The lowest BCUT2D eigenvalue weighted by atomic mass is 10.4. The quantitative estimate of drug-likeness (QED) is 0.824. The lowest BCUT2D eigenvalue weighted by Gasteiger charge is -2.15. The maximum Gasteiger partial charge on any atom is 0.245 e. The van der Waals surface area contributed by atoms with Crippen LogP contribution in [0.5, 0.6) is 0 Å². The lowest BCUT2D eigenvalue weighted by Crippen LogP contribution is -2.31. The first kappa shape index (κ1) is 12.0. The molecule has 0 unspecified atom stereocenters. The Balaban J connectivity index is 1.92. The number of amides is 1. The second kappa shape index (κ2) is 5.26. The molecule has 7 nitrogen and oxygen atoms in total. The van der Waals surface area contributed by atoms with Gasteiger partial charge in [0, 0.05) is 31.2 Å². The van der Waals surface area contributed by atoms with Crippen molar-refractivity contribution in [1.82, 2.24) is 20.2 Å². The second-order valence-electron chi connectivity index (χ2n) is 3.89. The predicted molar refractivity (Wildman–Crippen MR) is 67.3 cm³/mol. The molecule has 0 aromatic carbocycles. The number of hydrogen-bond donors (Lipinski definition) is 2. The first-order chi connectivity index (χ1) is 8.65. The number of likely N-dealkylation sites (N-methyl/N-ethyl adjacent to an activating group) is 1. The number of H-pyrrole nitrogens is 1. The zero-order valence-corrected chi connectivity index (χ0v) is 10.2. The van der Waals surface area contributed by atoms with Gasteiger partial charge in [-0.15, -0.1) is 0 Å². The highest BCUT2D eigenvalue weighted by molar-refractivity contribution is 5.92. The van der Waals surface area contributed by atoms with E-state index >= 15 is 0 Å². The van der Waals surface area contributed by atoms with Crippen molar-refractivity contribution in [2.24, 2.45) is 0 Å². The Kier molecular flexibility index (Phi) is 3.52. The van der Waals surface area contributed by atoms with Gasteiger partial charge in [-0.1, -0.05) is 0 Å². The Labute approximate surface area is 104 Å². The molecule has 94 valence electrons. The van der Waals surface area contributed by atoms with Gasteiger partial charge in [-0.3, -0.25) is 9.89 Å². The minimum absolute atomic E-state index is 0.163. The molecule has 0 saturated heterocycles. The summed E-state index contributed by atoms with van der Waals surface area (Å²) in [5.41, 5.74) is 0.894. The summed E-state index contributed by atoms with van der Waals surface area (Å²) in [5, 5.41) is 9.37. The summed E-state index contributed by atoms with van der Waals surface area (Å²) in [5.74, 6) is 0.849. The van der Waals surface area contributed by atoms with Crippen molar-refractivity contribution in [3.8, 4) is 0 Å². The summed E-state index contributed by atoms with van der Waals surface area (Å²) >= 11 is 0. The van der Waals surface area contributed by atoms with Gasteiger partial charge < -0.3 is 10.2 Å². The second-order valence-corrected chi connectivity index (χ2v) is 3.89. The normalized spacial score (nSPS) is 10.1. The van der Waals surface area contributed by atoms with Crippen molar-refractivity contribution in [1.29, 1.82) is 0 Å². The molecule has 2 heterocycles. The Morgan fingerprint density at radius 2 is 2.17 bits per heavy atom. The number of hydrogen-bond acceptors (Lipinski definition) is 5. The molecule has 0 bridgehead atoms. The highest BCUT2D eigenvalue weighted by Gasteiger charge is 2.10. The van der Waals surface area contributed by atoms with E-state index in [2.05, 4.69) is 25.5 Å². The van der Waals surface area contributed by atoms with Gasteiger partial charge in [0.1, 0.15) is 0 Å². The van der Waals surface area contributed by atoms with Gasteiger partial charge in [-0.25, -0.2) is 9.97 Å². The van der Waals surface area contributed by atoms with Crippen LogP contribution in [0.25, 0.3) is 0 Å². The van der Waals surface area contributed by atoms with E-state index in [0.29, 0.717) is 11.8 Å². The predicted octanol–water partition coefficient (Wildman–Crippen LogP) is 0.583. The molecule has 1 amide bonds. The van der Waals surface area contributed by atoms with Gasteiger partial charge in [0.15, 0.2) is 5.82 Å². The molecule has 2 rings (SSSR count). The number of nitrogens with one attached hydrogen (secondary N) is 2. The van der Waals surface area contributed by atoms with Crippen LogP contribution in [0.15, 0.2) is 24.5 Å². The SMILES string of the molecule is Cc1cc(NC(=O)CN(C)c2ncccn2)n[nH]1. The number of aromatic nitrogens is 4. The molecule has 2 N–H and O–H groups in total. The van der Waals surface area contributed by atoms with Crippen LogP contribution in [0.3, 0.4) is 0 Å². The first-order valence-electron chi connectivity index (χ1n) is 5.45. The molecule has 18 heavy (non-hydrogen) atoms. The van der Waals surface area contributed by atoms with E-state index < -0.39 is 0 Å². The van der Waals surface area contributed by atoms with E-state index in [1.54, 1.807) is 36.5 Å². The highest BCUT2D eigenvalue weighted by atomic mass is 16.2. The molecular weight excluding hydrogens is 232 g/mol. The van der Waals surface area contributed by atoms with Crippen LogP contribution in [-0.2, 0) is 4.79 Å². The Hall–Kier alpha value is -2.44. The van der Waals surface area contributed by atoms with Gasteiger partial charge in [-0.2, -0.15) is 5.10 Å². The van der Waals surface area contributed by atoms with Crippen LogP contribution in [0.2, 0.25) is 0 Å². The molecule has 0 aliphatic carbocycles. The van der Waals surface area contributed by atoms with Crippen LogP contribution in [0, 0.1) is 6.92 Å². The van der Waals surface area contributed by atoms with E-state index in [9.17, 15) is 4.79 Å². The van der Waals surface area contributed by atoms with Crippen LogP contribution in [0.1, 0.15) is 5.69 Å². The van der Waals surface area contributed by atoms with Crippen molar-refractivity contribution >= 4 is 17.7 Å². The number of aromatic amines is 1. The maximum atomic E-state index is 11.7. The smallest absolute Gasteiger partial charge is 0.245 e. The van der Waals surface area contributed by atoms with Crippen LogP contribution >= 0.6 is 0 Å². The van der Waals surface area contributed by atoms with Crippen LogP contribution in [0.4, 0.5) is 11.8 Å². The Morgan fingerprint density at radius 1 is 1.44 bits per heavy atom. The molecule has 2 aromatic rings. The lowest BCUT2D eigenvalue weighted by molar-refractivity contribution is -0.115. The zero-order chi connectivity index (χ0) is 13.0. The summed E-state index contributed by atoms with van der Waals surface area (Å²) in [4.78, 5) is 21.5. The van der Waals surface area contributed by atoms with Gasteiger partial charge in [0.25, 0.3) is 0 Å². The number of anilines is 2. The third-order valence-corrected chi connectivity index (χ3v) is 2.25. The summed E-state index contributed by atoms with van der Waals surface area (Å²) in [7, 11) is 1.75. The van der Waals surface area contributed by atoms with Crippen molar-refractivity contribution in [3.05, 3.63) is 30.2 Å². The number of carbonyl (C=O) groups excluding carboxylic acids is 1. The van der Waals surface area contributed by atoms with E-state index in [0.717, 1.165) is 5.69 Å². The molecule has 0 radical (unpaired) electrons. The molecule has 0 spiro atoms. The molecule has 0 saturated carbocycles. The summed E-state index contributed by atoms with van der Waals surface area (Å²) in [6.45, 7) is 2.03. The molecule has 0 atom stereocenters. The van der Waals surface area contributed by atoms with Gasteiger partial charge in [-0.05, 0) is 13.0 Å². The average molecular weight is 246 g/mol. The van der Waals surface area contributed by atoms with Crippen molar-refractivity contribution < 1.29 is 4.79 Å². The van der Waals surface area contributed by atoms with Crippen LogP contribution in [-0.4, -0.2) is 39.7 Å². The fourth-order valence-electron chi connectivity index (χ4n) is 1.44. The van der Waals surface area contributed by atoms with E-state index in [1.807, 2.05) is 6.92 Å². The summed E-state index contributed by atoms with van der Waals surface area (Å²) < 4.78 is 0. The van der Waals surface area contributed by atoms with Gasteiger partial charge in [0.05, 0.1) is 6.54 Å². The number of carbonyl (C=O) groups is 1. The maximum absolute atomic E-state index is 11.7. The number of nitrogens with zero attached hydrogens (tertiary/aromatic N) is 4. The zero-order valence-electron chi connectivity index (χ0n) is 10.2. The van der Waals surface area contributed by atoms with Gasteiger partial charge in [0.2, 0.25) is 11.9 Å². The Morgan fingerprint density at radius 3 is 2.78 bits per heavy atom. The topological polar surface area (TPSA) is 86.8 Å². The fourth-order valence-corrected chi connectivity index (χ4v) is 1.44. The molecule has 0 aliphatic rings. The average Bonchev–Trinajstić information content (AvgIpc) is 2.75. The van der Waals surface area contributed by atoms with Crippen LogP contribution < -0.4 is 10.2 Å². The monoisotopic (exact) mass is 246 g/mol. The third-order valence-electron chi connectivity index (χ3n) is 2.25. The Bertz CT molecular complexity index is 523. The molecule has 0 aliphatic heterocycles. The molecular formula is C11H14N6O. The molecule has 7 heteroatoms. The van der Waals surface area contributed by atoms with Crippen molar-refractivity contribution in [2.75, 3.05) is 23.8 Å². The standard InChI is InChI=1S/C11H14N6O/c1-8-6-9(16-15-8)14-10(18)7-17(2)11-12-4-3-5-13-11/h3-6H,7H2,1-2H3,(H2,14,15,16,18). The van der Waals surface area contributed by atoms with E-state index in [4.69, 9.17) is 0 Å². The first-order valence-corrected chi connectivity index (χ1v) is 5.45. The van der Waals surface area contributed by atoms with E-state index in [1.165, 1.54) is 0 Å². The summed E-state index contributed by atoms with van der Waals surface area (Å²) in [6, 6.07) is 3.49. The third kappa shape index (κ3) is 3.03. The van der Waals surface area contributed by atoms with E-state index in [-0.39, 0.29) is 12.5 Å². The highest BCUT2D eigenvalue weighted by Crippen LogP contribution is 2.05. The van der Waals surface area contributed by atoms with Gasteiger partial charge >= 0.3 is 0 Å². The molecule has 2 aromatic heterocycles. The van der Waals surface area contributed by atoms with Crippen molar-refractivity contribution in [2.45, 2.75) is 6.92 Å². The number of rotatable bonds is 4. The minimum atomic E-state index is -0.170. The number of aryl methyl sites for hydroxylation is 1. The summed E-state index contributed by atoms with van der Waals surface area (Å²) in [6.07, 6.45) is 3.27. The largest absolute Gasteiger partial charge is 0.335 e. The minimum Gasteiger partial charge on any atom is -0.335 e. The molecule has 0 fully saturated rings.